The van der Waals surface area contributed by atoms with Gasteiger partial charge in [0.2, 0.25) is 0 Å². The number of carbonyl (C=O) groups is 1. The van der Waals surface area contributed by atoms with Crippen molar-refractivity contribution in [3.05, 3.63) is 65.7 Å². The average Bonchev–Trinajstić information content (AvgIpc) is 2.91. The van der Waals surface area contributed by atoms with Gasteiger partial charge in [-0.3, -0.25) is 9.48 Å². The largest absolute Gasteiger partial charge is 0.396 e. The summed E-state index contributed by atoms with van der Waals surface area (Å²) in [6.45, 7) is 0. The fraction of sp³-hybridized carbons (Fsp3) is 0.0588. The molecule has 0 fully saturated rings. The first kappa shape index (κ1) is 15.7. The van der Waals surface area contributed by atoms with Crippen LogP contribution in [0.2, 0.25) is 0 Å². The molecule has 3 rings (SSSR count). The molecule has 0 spiro atoms. The Labute approximate surface area is 136 Å². The molecule has 0 aliphatic carbocycles. The summed E-state index contributed by atoms with van der Waals surface area (Å²) >= 11 is 0. The lowest BCUT2D eigenvalue weighted by atomic mass is 10.1. The number of benzene rings is 2. The predicted molar refractivity (Wildman–Crippen MR) is 87.4 cm³/mol. The van der Waals surface area contributed by atoms with Crippen molar-refractivity contribution < 1.29 is 13.6 Å². The van der Waals surface area contributed by atoms with Crippen molar-refractivity contribution in [3.8, 4) is 11.3 Å². The molecule has 2 aromatic carbocycles. The van der Waals surface area contributed by atoms with E-state index < -0.39 is 17.5 Å². The minimum atomic E-state index is -0.613. The maximum atomic E-state index is 13.7. The number of aryl methyl sites for hydroxylation is 1. The summed E-state index contributed by atoms with van der Waals surface area (Å²) in [5.41, 5.74) is 6.40. The topological polar surface area (TPSA) is 72.9 Å². The Bertz CT molecular complexity index is 921. The molecule has 0 unspecified atom stereocenters. The quantitative estimate of drug-likeness (QED) is 0.725. The molecule has 24 heavy (non-hydrogen) atoms. The van der Waals surface area contributed by atoms with E-state index in [2.05, 4.69) is 10.4 Å². The van der Waals surface area contributed by atoms with Gasteiger partial charge in [0.25, 0.3) is 5.91 Å². The van der Waals surface area contributed by atoms with E-state index in [9.17, 15) is 13.6 Å². The third-order valence-electron chi connectivity index (χ3n) is 3.54. The third-order valence-corrected chi connectivity index (χ3v) is 3.54. The van der Waals surface area contributed by atoms with Crippen LogP contribution in [0.15, 0.2) is 48.5 Å². The molecule has 0 atom stereocenters. The number of nitrogens with two attached hydrogens (primary N) is 1. The van der Waals surface area contributed by atoms with Gasteiger partial charge in [-0.25, -0.2) is 8.78 Å². The van der Waals surface area contributed by atoms with Gasteiger partial charge in [0.1, 0.15) is 17.5 Å². The number of nitrogen functional groups attached to an aromatic ring is 1. The van der Waals surface area contributed by atoms with Crippen molar-refractivity contribution in [1.82, 2.24) is 9.78 Å². The Morgan fingerprint density at radius 2 is 1.88 bits per heavy atom. The number of anilines is 2. The molecule has 1 heterocycles. The molecule has 122 valence electrons. The van der Waals surface area contributed by atoms with Crippen LogP contribution in [0.25, 0.3) is 11.3 Å². The number of amides is 1. The third kappa shape index (κ3) is 2.96. The molecule has 1 aromatic heterocycles. The van der Waals surface area contributed by atoms with Gasteiger partial charge in [0.05, 0.1) is 16.9 Å². The molecule has 0 saturated carbocycles. The van der Waals surface area contributed by atoms with Crippen LogP contribution in [-0.2, 0) is 7.05 Å². The maximum Gasteiger partial charge on any atom is 0.259 e. The van der Waals surface area contributed by atoms with Gasteiger partial charge in [0.15, 0.2) is 0 Å². The summed E-state index contributed by atoms with van der Waals surface area (Å²) in [6, 6.07) is 11.6. The summed E-state index contributed by atoms with van der Waals surface area (Å²) in [5.74, 6) is -1.39. The Kier molecular flexibility index (Phi) is 3.99. The first-order valence-electron chi connectivity index (χ1n) is 7.11. The van der Waals surface area contributed by atoms with E-state index in [0.717, 1.165) is 0 Å². The normalized spacial score (nSPS) is 10.6. The van der Waals surface area contributed by atoms with Gasteiger partial charge in [-0.15, -0.1) is 0 Å². The van der Waals surface area contributed by atoms with E-state index in [1.54, 1.807) is 25.2 Å². The summed E-state index contributed by atoms with van der Waals surface area (Å²) in [5, 5.41) is 6.81. The lowest BCUT2D eigenvalue weighted by molar-refractivity contribution is 0.102. The molecule has 7 heteroatoms. The maximum absolute atomic E-state index is 13.7. The van der Waals surface area contributed by atoms with Crippen LogP contribution in [0.4, 0.5) is 20.3 Å². The highest BCUT2D eigenvalue weighted by Gasteiger charge is 2.15. The molecule has 0 aliphatic heterocycles. The zero-order valence-corrected chi connectivity index (χ0v) is 12.8. The van der Waals surface area contributed by atoms with Crippen molar-refractivity contribution in [2.45, 2.75) is 0 Å². The second-order valence-corrected chi connectivity index (χ2v) is 5.21. The van der Waals surface area contributed by atoms with E-state index in [4.69, 9.17) is 5.73 Å². The summed E-state index contributed by atoms with van der Waals surface area (Å²) in [4.78, 5) is 12.2. The van der Waals surface area contributed by atoms with Crippen LogP contribution in [0, 0.1) is 11.6 Å². The molecule has 0 saturated heterocycles. The molecule has 3 aromatic rings. The minimum Gasteiger partial charge on any atom is -0.396 e. The smallest absolute Gasteiger partial charge is 0.259 e. The second kappa shape index (κ2) is 6.11. The van der Waals surface area contributed by atoms with Crippen molar-refractivity contribution in [1.29, 1.82) is 0 Å². The highest BCUT2D eigenvalue weighted by molar-refractivity contribution is 6.04. The van der Waals surface area contributed by atoms with Gasteiger partial charge >= 0.3 is 0 Å². The van der Waals surface area contributed by atoms with Crippen molar-refractivity contribution in [2.75, 3.05) is 11.1 Å². The number of nitrogens with zero attached hydrogens (tertiary/aromatic N) is 2. The lowest BCUT2D eigenvalue weighted by Gasteiger charge is -2.05. The van der Waals surface area contributed by atoms with Gasteiger partial charge in [-0.05, 0) is 24.3 Å². The van der Waals surface area contributed by atoms with Crippen LogP contribution in [0.1, 0.15) is 10.4 Å². The molecule has 0 aliphatic rings. The fourth-order valence-corrected chi connectivity index (χ4v) is 2.24. The van der Waals surface area contributed by atoms with Crippen molar-refractivity contribution in [2.24, 2.45) is 7.05 Å². The Morgan fingerprint density at radius 1 is 1.12 bits per heavy atom. The van der Waals surface area contributed by atoms with Gasteiger partial charge in [-0.1, -0.05) is 18.2 Å². The van der Waals surface area contributed by atoms with E-state index in [1.165, 1.54) is 35.0 Å². The fourth-order valence-electron chi connectivity index (χ4n) is 2.24. The molecular weight excluding hydrogens is 314 g/mol. The van der Waals surface area contributed by atoms with E-state index >= 15 is 0 Å². The SMILES string of the molecule is Cn1nc(-c2ccc(N)c(F)c2)cc1NC(=O)c1ccccc1F. The number of halogens is 2. The van der Waals surface area contributed by atoms with Crippen molar-refractivity contribution >= 4 is 17.4 Å². The molecule has 0 radical (unpaired) electrons. The van der Waals surface area contributed by atoms with Crippen LogP contribution in [-0.4, -0.2) is 15.7 Å². The van der Waals surface area contributed by atoms with E-state index in [-0.39, 0.29) is 11.3 Å². The average molecular weight is 328 g/mol. The Morgan fingerprint density at radius 3 is 2.58 bits per heavy atom. The highest BCUT2D eigenvalue weighted by Crippen LogP contribution is 2.24. The van der Waals surface area contributed by atoms with E-state index in [1.807, 2.05) is 0 Å². The van der Waals surface area contributed by atoms with E-state index in [0.29, 0.717) is 17.1 Å². The number of hydrogen-bond donors (Lipinski definition) is 2. The van der Waals surface area contributed by atoms with Gasteiger partial charge < -0.3 is 11.1 Å². The number of nitrogens with one attached hydrogen (secondary N) is 1. The summed E-state index contributed by atoms with van der Waals surface area (Å²) in [7, 11) is 1.62. The van der Waals surface area contributed by atoms with Crippen LogP contribution < -0.4 is 11.1 Å². The molecule has 3 N–H and O–H groups in total. The van der Waals surface area contributed by atoms with Crippen LogP contribution in [0.5, 0.6) is 0 Å². The first-order chi connectivity index (χ1) is 11.5. The Hall–Kier alpha value is -3.22. The first-order valence-corrected chi connectivity index (χ1v) is 7.11. The second-order valence-electron chi connectivity index (χ2n) is 5.21. The number of rotatable bonds is 3. The molecule has 5 nitrogen and oxygen atoms in total. The molecular formula is C17H14F2N4O. The van der Waals surface area contributed by atoms with Crippen molar-refractivity contribution in [3.63, 3.8) is 0 Å². The highest BCUT2D eigenvalue weighted by atomic mass is 19.1. The monoisotopic (exact) mass is 328 g/mol. The predicted octanol–water partition coefficient (Wildman–Crippen LogP) is 3.20. The van der Waals surface area contributed by atoms with Gasteiger partial charge in [-0.2, -0.15) is 5.10 Å². The van der Waals surface area contributed by atoms with Crippen LogP contribution >= 0.6 is 0 Å². The number of carbonyl (C=O) groups excluding carboxylic acids is 1. The minimum absolute atomic E-state index is 0.0442. The van der Waals surface area contributed by atoms with Gasteiger partial charge in [0, 0.05) is 18.7 Å². The lowest BCUT2D eigenvalue weighted by Crippen LogP contribution is -2.15. The molecule has 1 amide bonds. The zero-order chi connectivity index (χ0) is 17.3. The standard InChI is InChI=1S/C17H14F2N4O/c1-23-16(21-17(24)11-4-2-3-5-12(11)18)9-15(22-23)10-6-7-14(20)13(19)8-10/h2-9H,20H2,1H3,(H,21,24). The van der Waals surface area contributed by atoms with Crippen LogP contribution in [0.3, 0.4) is 0 Å². The summed E-state index contributed by atoms with van der Waals surface area (Å²) < 4.78 is 28.7. The number of aromatic nitrogens is 2. The Balaban J connectivity index is 1.88. The zero-order valence-electron chi connectivity index (χ0n) is 12.8. The number of hydrogen-bond acceptors (Lipinski definition) is 3. The molecule has 0 bridgehead atoms. The summed E-state index contributed by atoms with van der Waals surface area (Å²) in [6.07, 6.45) is 0.